The van der Waals surface area contributed by atoms with E-state index in [2.05, 4.69) is 10.1 Å². The zero-order valence-corrected chi connectivity index (χ0v) is 13.7. The summed E-state index contributed by atoms with van der Waals surface area (Å²) in [5.41, 5.74) is 0. The second-order valence-electron chi connectivity index (χ2n) is 4.49. The molecule has 0 bridgehead atoms. The van der Waals surface area contributed by atoms with Gasteiger partial charge in [-0.15, -0.1) is 9.19 Å². The fourth-order valence-electron chi connectivity index (χ4n) is 1.55. The highest BCUT2D eigenvalue weighted by Gasteiger charge is 2.31. The molecule has 0 aromatic carbocycles. The van der Waals surface area contributed by atoms with Crippen molar-refractivity contribution < 1.29 is 16.8 Å². The summed E-state index contributed by atoms with van der Waals surface area (Å²) >= 11 is 0. The lowest BCUT2D eigenvalue weighted by atomic mass is 10.4. The highest BCUT2D eigenvalue weighted by atomic mass is 32.2. The Morgan fingerprint density at radius 3 is 2.20 bits per heavy atom. The van der Waals surface area contributed by atoms with Gasteiger partial charge in [0.1, 0.15) is 6.33 Å². The minimum atomic E-state index is -3.91. The largest absolute Gasteiger partial charge is 0.323 e. The van der Waals surface area contributed by atoms with Crippen LogP contribution in [0.3, 0.4) is 0 Å². The van der Waals surface area contributed by atoms with Crippen LogP contribution < -0.4 is 0 Å². The summed E-state index contributed by atoms with van der Waals surface area (Å²) < 4.78 is 50.9. The monoisotopic (exact) mass is 325 g/mol. The molecule has 0 aliphatic rings. The summed E-state index contributed by atoms with van der Waals surface area (Å²) in [5, 5.41) is 3.04. The van der Waals surface area contributed by atoms with Crippen molar-refractivity contribution >= 4 is 20.2 Å². The van der Waals surface area contributed by atoms with Gasteiger partial charge in [0.15, 0.2) is 0 Å². The SMILES string of the molecule is CCN(C(C)C)S(=O)(=O)c1ncn(S(=O)(=O)N(C)C)n1. The Bertz CT molecular complexity index is 662. The topological polar surface area (TPSA) is 105 Å². The molecule has 0 fully saturated rings. The van der Waals surface area contributed by atoms with E-state index in [1.807, 2.05) is 0 Å². The van der Waals surface area contributed by atoms with Gasteiger partial charge < -0.3 is 0 Å². The van der Waals surface area contributed by atoms with Gasteiger partial charge in [-0.3, -0.25) is 0 Å². The molecule has 1 aromatic rings. The molecule has 1 rings (SSSR count). The van der Waals surface area contributed by atoms with E-state index in [-0.39, 0.29) is 12.6 Å². The predicted octanol–water partition coefficient (Wildman–Crippen LogP) is -0.648. The fourth-order valence-corrected chi connectivity index (χ4v) is 3.76. The first kappa shape index (κ1) is 17.0. The van der Waals surface area contributed by atoms with E-state index in [1.54, 1.807) is 20.8 Å². The molecule has 0 radical (unpaired) electrons. The summed E-state index contributed by atoms with van der Waals surface area (Å²) in [6.07, 6.45) is 0.871. The van der Waals surface area contributed by atoms with E-state index >= 15 is 0 Å². The Morgan fingerprint density at radius 1 is 1.25 bits per heavy atom. The Kier molecular flexibility index (Phi) is 4.90. The van der Waals surface area contributed by atoms with Crippen LogP contribution in [0.1, 0.15) is 20.8 Å². The van der Waals surface area contributed by atoms with Crippen molar-refractivity contribution in [3.63, 3.8) is 0 Å². The number of aromatic nitrogens is 3. The van der Waals surface area contributed by atoms with Gasteiger partial charge in [-0.1, -0.05) is 6.92 Å². The van der Waals surface area contributed by atoms with Crippen molar-refractivity contribution in [2.75, 3.05) is 20.6 Å². The molecule has 0 spiro atoms. The van der Waals surface area contributed by atoms with Crippen LogP contribution in [0.5, 0.6) is 0 Å². The molecule has 11 heteroatoms. The zero-order valence-electron chi connectivity index (χ0n) is 12.0. The van der Waals surface area contributed by atoms with Crippen LogP contribution in [0.4, 0.5) is 0 Å². The third kappa shape index (κ3) is 3.00. The van der Waals surface area contributed by atoms with Gasteiger partial charge in [0.25, 0.3) is 15.2 Å². The maximum Gasteiger partial charge on any atom is 0.323 e. The number of rotatable bonds is 6. The second-order valence-corrected chi connectivity index (χ2v) is 8.28. The first-order valence-corrected chi connectivity index (χ1v) is 8.75. The molecule has 20 heavy (non-hydrogen) atoms. The summed E-state index contributed by atoms with van der Waals surface area (Å²) in [6, 6.07) is -0.276. The molecule has 0 saturated heterocycles. The number of hydrogen-bond acceptors (Lipinski definition) is 6. The van der Waals surface area contributed by atoms with Crippen LogP contribution in [-0.2, 0) is 20.2 Å². The summed E-state index contributed by atoms with van der Waals surface area (Å²) in [4.78, 5) is 3.60. The number of sulfonamides is 1. The quantitative estimate of drug-likeness (QED) is 0.688. The van der Waals surface area contributed by atoms with Crippen LogP contribution in [0.15, 0.2) is 11.5 Å². The standard InChI is InChI=1S/C9H19N5O4S2/c1-6-13(8(2)3)19(15,16)9-10-7-14(11-9)20(17,18)12(4)5/h7-8H,6H2,1-5H3. The number of hydrogen-bond donors (Lipinski definition) is 0. The third-order valence-electron chi connectivity index (χ3n) is 2.58. The van der Waals surface area contributed by atoms with E-state index in [0.717, 1.165) is 10.6 Å². The highest BCUT2D eigenvalue weighted by Crippen LogP contribution is 2.14. The number of nitrogens with zero attached hydrogens (tertiary/aromatic N) is 5. The van der Waals surface area contributed by atoms with Gasteiger partial charge in [0.2, 0.25) is 0 Å². The second kappa shape index (κ2) is 5.76. The molecule has 0 aliphatic heterocycles. The van der Waals surface area contributed by atoms with E-state index in [9.17, 15) is 16.8 Å². The van der Waals surface area contributed by atoms with E-state index < -0.39 is 25.4 Å². The van der Waals surface area contributed by atoms with Gasteiger partial charge >= 0.3 is 10.2 Å². The van der Waals surface area contributed by atoms with Crippen molar-refractivity contribution in [2.24, 2.45) is 0 Å². The van der Waals surface area contributed by atoms with Crippen LogP contribution in [-0.4, -0.2) is 66.3 Å². The molecule has 0 amide bonds. The molecule has 0 aliphatic carbocycles. The highest BCUT2D eigenvalue weighted by molar-refractivity contribution is 7.89. The molecule has 0 N–H and O–H groups in total. The van der Waals surface area contributed by atoms with Crippen LogP contribution >= 0.6 is 0 Å². The lowest BCUT2D eigenvalue weighted by molar-refractivity contribution is 0.366. The Balaban J connectivity index is 3.28. The maximum absolute atomic E-state index is 12.3. The first-order chi connectivity index (χ1) is 9.05. The maximum atomic E-state index is 12.3. The summed E-state index contributed by atoms with van der Waals surface area (Å²) in [5.74, 6) is 0. The molecule has 1 aromatic heterocycles. The molecule has 0 unspecified atom stereocenters. The molecular formula is C9H19N5O4S2. The van der Waals surface area contributed by atoms with Crippen molar-refractivity contribution in [3.8, 4) is 0 Å². The molecule has 9 nitrogen and oxygen atoms in total. The van der Waals surface area contributed by atoms with E-state index in [4.69, 9.17) is 0 Å². The normalized spacial score (nSPS) is 13.6. The van der Waals surface area contributed by atoms with E-state index in [0.29, 0.717) is 4.09 Å². The lowest BCUT2D eigenvalue weighted by Gasteiger charge is -2.22. The fraction of sp³-hybridized carbons (Fsp3) is 0.778. The zero-order chi connectivity index (χ0) is 15.7. The molecular weight excluding hydrogens is 306 g/mol. The Labute approximate surface area is 119 Å². The molecule has 0 saturated carbocycles. The van der Waals surface area contributed by atoms with Crippen LogP contribution in [0, 0.1) is 0 Å². The molecule has 1 heterocycles. The van der Waals surface area contributed by atoms with Gasteiger partial charge in [-0.05, 0) is 13.8 Å². The minimum Gasteiger partial charge on any atom is -0.203 e. The lowest BCUT2D eigenvalue weighted by Crippen LogP contribution is -2.37. The van der Waals surface area contributed by atoms with Gasteiger partial charge in [-0.25, -0.2) is 13.4 Å². The van der Waals surface area contributed by atoms with Crippen molar-refractivity contribution in [2.45, 2.75) is 32.0 Å². The summed E-state index contributed by atoms with van der Waals surface area (Å²) in [6.45, 7) is 5.36. The van der Waals surface area contributed by atoms with Gasteiger partial charge in [0, 0.05) is 26.7 Å². The van der Waals surface area contributed by atoms with Crippen LogP contribution in [0.2, 0.25) is 0 Å². The van der Waals surface area contributed by atoms with Gasteiger partial charge in [0.05, 0.1) is 0 Å². The van der Waals surface area contributed by atoms with Crippen molar-refractivity contribution in [1.29, 1.82) is 0 Å². The van der Waals surface area contributed by atoms with Crippen molar-refractivity contribution in [1.82, 2.24) is 22.8 Å². The first-order valence-electron chi connectivity index (χ1n) is 5.91. The Morgan fingerprint density at radius 2 is 1.80 bits per heavy atom. The molecule has 0 atom stereocenters. The Hall–Kier alpha value is -1.04. The third-order valence-corrected chi connectivity index (χ3v) is 6.09. The smallest absolute Gasteiger partial charge is 0.203 e. The average molecular weight is 325 g/mol. The van der Waals surface area contributed by atoms with Crippen LogP contribution in [0.25, 0.3) is 0 Å². The minimum absolute atomic E-state index is 0.245. The summed E-state index contributed by atoms with van der Waals surface area (Å²) in [7, 11) is -5.15. The average Bonchev–Trinajstić information content (AvgIpc) is 2.78. The van der Waals surface area contributed by atoms with E-state index in [1.165, 1.54) is 18.4 Å². The van der Waals surface area contributed by atoms with Gasteiger partial charge in [-0.2, -0.15) is 17.0 Å². The van der Waals surface area contributed by atoms with Crippen molar-refractivity contribution in [3.05, 3.63) is 6.33 Å². The predicted molar refractivity (Wildman–Crippen MR) is 72.7 cm³/mol. The molecule has 116 valence electrons.